The highest BCUT2D eigenvalue weighted by Crippen LogP contribution is 2.23. The second-order valence-electron chi connectivity index (χ2n) is 9.16. The van der Waals surface area contributed by atoms with Crippen LogP contribution in [0.15, 0.2) is 0 Å². The summed E-state index contributed by atoms with van der Waals surface area (Å²) in [4.78, 5) is 46.9. The van der Waals surface area contributed by atoms with Crippen molar-refractivity contribution in [3.05, 3.63) is 0 Å². The van der Waals surface area contributed by atoms with Gasteiger partial charge in [0.2, 0.25) is 0 Å². The van der Waals surface area contributed by atoms with Crippen LogP contribution in [0.4, 0.5) is 9.59 Å². The van der Waals surface area contributed by atoms with E-state index in [1.54, 1.807) is 41.5 Å². The van der Waals surface area contributed by atoms with Gasteiger partial charge in [-0.2, -0.15) is 0 Å². The maximum atomic E-state index is 11.9. The first-order valence-corrected chi connectivity index (χ1v) is 12.1. The molecule has 0 aliphatic heterocycles. The van der Waals surface area contributed by atoms with Crippen molar-refractivity contribution in [2.75, 3.05) is 13.1 Å². The molecular formula is C21H38N2O6S2. The Hall–Kier alpha value is -1.42. The van der Waals surface area contributed by atoms with Gasteiger partial charge >= 0.3 is 12.2 Å². The van der Waals surface area contributed by atoms with E-state index in [-0.39, 0.29) is 20.7 Å². The molecule has 2 amide bonds. The van der Waals surface area contributed by atoms with E-state index in [0.29, 0.717) is 25.9 Å². The maximum absolute atomic E-state index is 11.9. The smallest absolute Gasteiger partial charge is 0.407 e. The third kappa shape index (κ3) is 19.0. The Bertz CT molecular complexity index is 562. The molecule has 2 unspecified atom stereocenters. The van der Waals surface area contributed by atoms with Gasteiger partial charge in [0, 0.05) is 37.4 Å². The molecule has 0 aromatic heterocycles. The van der Waals surface area contributed by atoms with Gasteiger partial charge in [-0.3, -0.25) is 9.59 Å². The van der Waals surface area contributed by atoms with Crippen LogP contribution in [-0.2, 0) is 19.1 Å². The van der Waals surface area contributed by atoms with Crippen molar-refractivity contribution < 1.29 is 28.7 Å². The quantitative estimate of drug-likeness (QED) is 0.472. The number of rotatable bonds is 10. The molecule has 0 rings (SSSR count). The monoisotopic (exact) mass is 478 g/mol. The Morgan fingerprint density at radius 3 is 1.29 bits per heavy atom. The van der Waals surface area contributed by atoms with Crippen molar-refractivity contribution in [1.82, 2.24) is 10.6 Å². The molecule has 0 aliphatic rings. The molecule has 0 fully saturated rings. The van der Waals surface area contributed by atoms with Crippen LogP contribution in [0.5, 0.6) is 0 Å². The van der Waals surface area contributed by atoms with Gasteiger partial charge in [0.1, 0.15) is 11.2 Å². The molecule has 2 atom stereocenters. The molecule has 180 valence electrons. The fraction of sp³-hybridized carbons (Fsp3) is 0.810. The Balaban J connectivity index is 4.66. The zero-order chi connectivity index (χ0) is 24.2. The molecule has 0 saturated heterocycles. The topological polar surface area (TPSA) is 111 Å². The van der Waals surface area contributed by atoms with Crippen LogP contribution in [0.2, 0.25) is 0 Å². The van der Waals surface area contributed by atoms with E-state index in [9.17, 15) is 19.2 Å². The Morgan fingerprint density at radius 1 is 0.710 bits per heavy atom. The van der Waals surface area contributed by atoms with Gasteiger partial charge in [-0.15, -0.1) is 0 Å². The Kier molecular flexibility index (Phi) is 13.2. The summed E-state index contributed by atoms with van der Waals surface area (Å²) in [5.41, 5.74) is -1.18. The molecule has 0 aromatic rings. The van der Waals surface area contributed by atoms with E-state index in [4.69, 9.17) is 9.47 Å². The van der Waals surface area contributed by atoms with Gasteiger partial charge in [0.05, 0.1) is 0 Å². The number of nitrogens with one attached hydrogen (secondary N) is 2. The van der Waals surface area contributed by atoms with E-state index in [2.05, 4.69) is 10.6 Å². The predicted octanol–water partition coefficient (Wildman–Crippen LogP) is 4.50. The number of hydrogen-bond donors (Lipinski definition) is 2. The summed E-state index contributed by atoms with van der Waals surface area (Å²) in [7, 11) is 0. The summed E-state index contributed by atoms with van der Waals surface area (Å²) in [5.74, 6) is 0. The zero-order valence-corrected chi connectivity index (χ0v) is 21.6. The van der Waals surface area contributed by atoms with E-state index < -0.39 is 23.4 Å². The minimum atomic E-state index is -0.592. The van der Waals surface area contributed by atoms with Gasteiger partial charge in [-0.05, 0) is 54.4 Å². The Labute approximate surface area is 194 Å². The standard InChI is InChI=1S/C21H38N2O6S2/c1-14(24)30-16(12-22-18(26)28-20(3,4)5)10-9-11-17(31-15(2)25)13-23-19(27)29-21(6,7)8/h16-17H,9-13H2,1-8H3,(H,22,26)(H,23,27). The lowest BCUT2D eigenvalue weighted by Crippen LogP contribution is -2.37. The van der Waals surface area contributed by atoms with Crippen LogP contribution in [0.25, 0.3) is 0 Å². The molecule has 31 heavy (non-hydrogen) atoms. The fourth-order valence-electron chi connectivity index (χ4n) is 2.47. The summed E-state index contributed by atoms with van der Waals surface area (Å²) < 4.78 is 10.5. The van der Waals surface area contributed by atoms with Crippen molar-refractivity contribution in [3.63, 3.8) is 0 Å². The van der Waals surface area contributed by atoms with E-state index >= 15 is 0 Å². The van der Waals surface area contributed by atoms with Crippen LogP contribution in [0.3, 0.4) is 0 Å². The molecular weight excluding hydrogens is 440 g/mol. The largest absolute Gasteiger partial charge is 0.444 e. The average Bonchev–Trinajstić information content (AvgIpc) is 2.53. The van der Waals surface area contributed by atoms with Gasteiger partial charge < -0.3 is 20.1 Å². The second kappa shape index (κ2) is 13.9. The third-order valence-electron chi connectivity index (χ3n) is 3.46. The maximum Gasteiger partial charge on any atom is 0.407 e. The lowest BCUT2D eigenvalue weighted by atomic mass is 10.1. The minimum absolute atomic E-state index is 0.0303. The molecule has 0 aliphatic carbocycles. The average molecular weight is 479 g/mol. The molecule has 0 saturated carbocycles. The number of thioether (sulfide) groups is 2. The summed E-state index contributed by atoms with van der Waals surface area (Å²) in [6.07, 6.45) is 1.02. The normalized spacial score (nSPS) is 13.7. The third-order valence-corrected chi connectivity index (χ3v) is 5.60. The van der Waals surface area contributed by atoms with Crippen molar-refractivity contribution >= 4 is 45.9 Å². The first-order chi connectivity index (χ1) is 14.1. The first-order valence-electron chi connectivity index (χ1n) is 10.4. The molecule has 0 radical (unpaired) electrons. The highest BCUT2D eigenvalue weighted by molar-refractivity contribution is 8.14. The van der Waals surface area contributed by atoms with Gasteiger partial charge in [0.15, 0.2) is 10.2 Å². The Morgan fingerprint density at radius 2 is 1.03 bits per heavy atom. The van der Waals surface area contributed by atoms with Crippen molar-refractivity contribution in [2.45, 2.75) is 96.4 Å². The molecule has 0 aromatic carbocycles. The number of alkyl carbamates (subject to hydrolysis) is 2. The summed E-state index contributed by atoms with van der Waals surface area (Å²) in [6.45, 7) is 14.3. The van der Waals surface area contributed by atoms with Crippen LogP contribution in [-0.4, -0.2) is 57.2 Å². The predicted molar refractivity (Wildman–Crippen MR) is 126 cm³/mol. The lowest BCUT2D eigenvalue weighted by molar-refractivity contribution is -0.110. The number of carbonyl (C=O) groups excluding carboxylic acids is 4. The second-order valence-corrected chi connectivity index (χ2v) is 12.1. The van der Waals surface area contributed by atoms with Crippen molar-refractivity contribution in [1.29, 1.82) is 0 Å². The fourth-order valence-corrected chi connectivity index (χ4v) is 4.31. The number of ether oxygens (including phenoxy) is 2. The van der Waals surface area contributed by atoms with Crippen LogP contribution >= 0.6 is 23.5 Å². The van der Waals surface area contributed by atoms with Gasteiger partial charge in [-0.1, -0.05) is 29.9 Å². The number of amides is 2. The van der Waals surface area contributed by atoms with Gasteiger partial charge in [0.25, 0.3) is 0 Å². The van der Waals surface area contributed by atoms with Crippen LogP contribution in [0, 0.1) is 0 Å². The van der Waals surface area contributed by atoms with E-state index in [1.807, 2.05) is 0 Å². The minimum Gasteiger partial charge on any atom is -0.444 e. The highest BCUT2D eigenvalue weighted by atomic mass is 32.2. The summed E-state index contributed by atoms with van der Waals surface area (Å²) >= 11 is 2.35. The molecule has 0 heterocycles. The SMILES string of the molecule is CC(=O)SC(CCCC(CNC(=O)OC(C)(C)C)SC(C)=O)CNC(=O)OC(C)(C)C. The van der Waals surface area contributed by atoms with Crippen molar-refractivity contribution in [3.8, 4) is 0 Å². The molecule has 10 heteroatoms. The van der Waals surface area contributed by atoms with Crippen LogP contribution in [0.1, 0.15) is 74.7 Å². The molecule has 0 bridgehead atoms. The molecule has 8 nitrogen and oxygen atoms in total. The first kappa shape index (κ1) is 29.6. The number of carbonyl (C=O) groups is 4. The van der Waals surface area contributed by atoms with Crippen molar-refractivity contribution in [2.24, 2.45) is 0 Å². The van der Waals surface area contributed by atoms with Crippen LogP contribution < -0.4 is 10.6 Å². The lowest BCUT2D eigenvalue weighted by Gasteiger charge is -2.22. The summed E-state index contributed by atoms with van der Waals surface area (Å²) in [5, 5.41) is 5.15. The molecule has 2 N–H and O–H groups in total. The number of hydrogen-bond acceptors (Lipinski definition) is 8. The van der Waals surface area contributed by atoms with Gasteiger partial charge in [-0.25, -0.2) is 9.59 Å². The summed E-state index contributed by atoms with van der Waals surface area (Å²) in [6, 6.07) is 0. The zero-order valence-electron chi connectivity index (χ0n) is 20.0. The molecule has 0 spiro atoms. The highest BCUT2D eigenvalue weighted by Gasteiger charge is 2.21. The van der Waals surface area contributed by atoms with E-state index in [0.717, 1.165) is 6.42 Å². The van der Waals surface area contributed by atoms with E-state index in [1.165, 1.54) is 37.4 Å².